The largest absolute Gasteiger partial charge is 0.497 e. The smallest absolute Gasteiger partial charge is 0.190 e. The molecular weight excluding hydrogens is 362 g/mol. The summed E-state index contributed by atoms with van der Waals surface area (Å²) >= 11 is 1.30. The zero-order valence-corrected chi connectivity index (χ0v) is 16.3. The third kappa shape index (κ3) is 4.31. The molecule has 1 aromatic heterocycles. The maximum atomic E-state index is 12.7. The second-order valence-corrected chi connectivity index (χ2v) is 6.62. The van der Waals surface area contributed by atoms with Crippen molar-refractivity contribution < 1.29 is 14.3 Å². The van der Waals surface area contributed by atoms with E-state index in [1.54, 1.807) is 32.4 Å². The molecule has 7 heteroatoms. The van der Waals surface area contributed by atoms with E-state index in [1.165, 1.54) is 11.8 Å². The Morgan fingerprint density at radius 1 is 1.11 bits per heavy atom. The molecule has 0 bridgehead atoms. The lowest BCUT2D eigenvalue weighted by Crippen LogP contribution is -2.07. The predicted molar refractivity (Wildman–Crippen MR) is 108 cm³/mol. The summed E-state index contributed by atoms with van der Waals surface area (Å²) in [6.45, 7) is 2.77. The molecule has 0 saturated carbocycles. The first-order valence-electron chi connectivity index (χ1n) is 8.55. The maximum absolute atomic E-state index is 12.7. The van der Waals surface area contributed by atoms with Crippen molar-refractivity contribution in [2.24, 2.45) is 0 Å². The zero-order chi connectivity index (χ0) is 19.2. The van der Waals surface area contributed by atoms with Gasteiger partial charge in [0.25, 0.3) is 0 Å². The number of methoxy groups -OCH3 is 2. The molecule has 0 aliphatic carbocycles. The number of anilines is 1. The van der Waals surface area contributed by atoms with Crippen molar-refractivity contribution in [3.63, 3.8) is 0 Å². The van der Waals surface area contributed by atoms with Crippen molar-refractivity contribution >= 4 is 34.3 Å². The first-order valence-corrected chi connectivity index (χ1v) is 9.53. The molecule has 27 heavy (non-hydrogen) atoms. The Labute approximate surface area is 162 Å². The Balaban J connectivity index is 1.83. The summed E-state index contributed by atoms with van der Waals surface area (Å²) in [6.07, 6.45) is 0. The van der Waals surface area contributed by atoms with Crippen LogP contribution in [0.15, 0.2) is 47.6 Å². The van der Waals surface area contributed by atoms with Crippen LogP contribution in [0.5, 0.6) is 11.5 Å². The molecule has 1 heterocycles. The van der Waals surface area contributed by atoms with Crippen LogP contribution in [0.3, 0.4) is 0 Å². The van der Waals surface area contributed by atoms with Gasteiger partial charge in [-0.3, -0.25) is 4.79 Å². The minimum Gasteiger partial charge on any atom is -0.497 e. The monoisotopic (exact) mass is 383 g/mol. The van der Waals surface area contributed by atoms with Crippen LogP contribution in [0.2, 0.25) is 0 Å². The van der Waals surface area contributed by atoms with Gasteiger partial charge in [-0.25, -0.2) is 9.97 Å². The number of para-hydroxylation sites is 1. The Bertz CT molecular complexity index is 962. The maximum Gasteiger partial charge on any atom is 0.190 e. The Hall–Kier alpha value is -2.80. The van der Waals surface area contributed by atoms with Crippen molar-refractivity contribution in [1.29, 1.82) is 0 Å². The Morgan fingerprint density at radius 3 is 2.67 bits per heavy atom. The average molecular weight is 383 g/mol. The van der Waals surface area contributed by atoms with Crippen LogP contribution in [0.25, 0.3) is 10.9 Å². The van der Waals surface area contributed by atoms with Gasteiger partial charge in [0.05, 0.1) is 31.1 Å². The molecule has 0 fully saturated rings. The summed E-state index contributed by atoms with van der Waals surface area (Å²) < 4.78 is 10.5. The number of rotatable bonds is 8. The molecule has 3 rings (SSSR count). The SMILES string of the molecule is CCNc1nc(SCC(=O)c2cc(OC)ccc2OC)nc2ccccc12. The molecule has 2 aromatic carbocycles. The highest BCUT2D eigenvalue weighted by Gasteiger charge is 2.16. The van der Waals surface area contributed by atoms with E-state index in [9.17, 15) is 4.79 Å². The number of carbonyl (C=O) groups is 1. The molecule has 0 atom stereocenters. The van der Waals surface area contributed by atoms with E-state index in [0.29, 0.717) is 22.2 Å². The number of thioether (sulfide) groups is 1. The number of hydrogen-bond acceptors (Lipinski definition) is 7. The molecule has 1 N–H and O–H groups in total. The summed E-state index contributed by atoms with van der Waals surface area (Å²) in [7, 11) is 3.11. The molecule has 0 radical (unpaired) electrons. The molecule has 0 saturated heterocycles. The number of Topliss-reactive ketones (excluding diaryl/α,β-unsaturated/α-hetero) is 1. The number of hydrogen-bond donors (Lipinski definition) is 1. The third-order valence-electron chi connectivity index (χ3n) is 3.97. The van der Waals surface area contributed by atoms with E-state index in [-0.39, 0.29) is 11.5 Å². The third-order valence-corrected chi connectivity index (χ3v) is 4.81. The Morgan fingerprint density at radius 2 is 1.93 bits per heavy atom. The number of ketones is 1. The highest BCUT2D eigenvalue weighted by atomic mass is 32.2. The number of carbonyl (C=O) groups excluding carboxylic acids is 1. The van der Waals surface area contributed by atoms with Crippen LogP contribution < -0.4 is 14.8 Å². The first-order chi connectivity index (χ1) is 13.2. The molecule has 0 unspecified atom stereocenters. The summed E-state index contributed by atoms with van der Waals surface area (Å²) in [5.41, 5.74) is 1.33. The second-order valence-electron chi connectivity index (χ2n) is 5.68. The molecule has 3 aromatic rings. The standard InChI is InChI=1S/C20H21N3O3S/c1-4-21-19-14-7-5-6-8-16(14)22-20(23-19)27-12-17(24)15-11-13(25-2)9-10-18(15)26-3/h5-11H,4,12H2,1-3H3,(H,21,22,23). The summed E-state index contributed by atoms with van der Waals surface area (Å²) in [4.78, 5) is 21.8. The highest BCUT2D eigenvalue weighted by Crippen LogP contribution is 2.28. The number of benzene rings is 2. The average Bonchev–Trinajstić information content (AvgIpc) is 2.71. The normalized spacial score (nSPS) is 10.6. The van der Waals surface area contributed by atoms with Crippen LogP contribution in [0, 0.1) is 0 Å². The molecule has 6 nitrogen and oxygen atoms in total. The van der Waals surface area contributed by atoms with Crippen LogP contribution >= 0.6 is 11.8 Å². The molecule has 0 amide bonds. The summed E-state index contributed by atoms with van der Waals surface area (Å²) in [6, 6.07) is 13.0. The summed E-state index contributed by atoms with van der Waals surface area (Å²) in [5, 5.41) is 4.78. The van der Waals surface area contributed by atoms with Crippen molar-refractivity contribution in [2.75, 3.05) is 31.8 Å². The van der Waals surface area contributed by atoms with Crippen molar-refractivity contribution in [2.45, 2.75) is 12.1 Å². The van der Waals surface area contributed by atoms with Gasteiger partial charge in [0, 0.05) is 11.9 Å². The van der Waals surface area contributed by atoms with Gasteiger partial charge in [0.15, 0.2) is 10.9 Å². The van der Waals surface area contributed by atoms with Crippen molar-refractivity contribution in [1.82, 2.24) is 9.97 Å². The van der Waals surface area contributed by atoms with Gasteiger partial charge in [-0.2, -0.15) is 0 Å². The van der Waals surface area contributed by atoms with Crippen molar-refractivity contribution in [3.05, 3.63) is 48.0 Å². The van der Waals surface area contributed by atoms with E-state index in [2.05, 4.69) is 15.3 Å². The van der Waals surface area contributed by atoms with Gasteiger partial charge in [-0.1, -0.05) is 23.9 Å². The van der Waals surface area contributed by atoms with Gasteiger partial charge >= 0.3 is 0 Å². The van der Waals surface area contributed by atoms with Crippen LogP contribution in [0.4, 0.5) is 5.82 Å². The quantitative estimate of drug-likeness (QED) is 0.357. The fourth-order valence-corrected chi connectivity index (χ4v) is 3.40. The molecule has 0 spiro atoms. The van der Waals surface area contributed by atoms with E-state index in [1.807, 2.05) is 31.2 Å². The number of nitrogens with one attached hydrogen (secondary N) is 1. The fourth-order valence-electron chi connectivity index (χ4n) is 2.66. The lowest BCUT2D eigenvalue weighted by molar-refractivity contribution is 0.101. The van der Waals surface area contributed by atoms with E-state index in [4.69, 9.17) is 9.47 Å². The number of nitrogens with zero attached hydrogens (tertiary/aromatic N) is 2. The van der Waals surface area contributed by atoms with Gasteiger partial charge in [-0.15, -0.1) is 0 Å². The predicted octanol–water partition coefficient (Wildman–Crippen LogP) is 4.05. The van der Waals surface area contributed by atoms with Gasteiger partial charge < -0.3 is 14.8 Å². The highest BCUT2D eigenvalue weighted by molar-refractivity contribution is 7.99. The van der Waals surface area contributed by atoms with E-state index >= 15 is 0 Å². The van der Waals surface area contributed by atoms with Crippen LogP contribution in [-0.4, -0.2) is 42.3 Å². The lowest BCUT2D eigenvalue weighted by atomic mass is 10.1. The molecule has 140 valence electrons. The van der Waals surface area contributed by atoms with Gasteiger partial charge in [-0.05, 0) is 37.3 Å². The minimum atomic E-state index is -0.0718. The molecule has 0 aliphatic rings. The van der Waals surface area contributed by atoms with E-state index in [0.717, 1.165) is 23.3 Å². The van der Waals surface area contributed by atoms with Crippen LogP contribution in [0.1, 0.15) is 17.3 Å². The van der Waals surface area contributed by atoms with Gasteiger partial charge in [0.1, 0.15) is 17.3 Å². The minimum absolute atomic E-state index is 0.0718. The lowest BCUT2D eigenvalue weighted by Gasteiger charge is -2.10. The van der Waals surface area contributed by atoms with Crippen molar-refractivity contribution in [3.8, 4) is 11.5 Å². The Kier molecular flexibility index (Phi) is 6.13. The second kappa shape index (κ2) is 8.73. The number of ether oxygens (including phenoxy) is 2. The topological polar surface area (TPSA) is 73.3 Å². The zero-order valence-electron chi connectivity index (χ0n) is 15.5. The fraction of sp³-hybridized carbons (Fsp3) is 0.250. The van der Waals surface area contributed by atoms with Gasteiger partial charge in [0.2, 0.25) is 0 Å². The molecule has 0 aliphatic heterocycles. The summed E-state index contributed by atoms with van der Waals surface area (Å²) in [5.74, 6) is 2.04. The molecular formula is C20H21N3O3S. The number of aromatic nitrogens is 2. The first kappa shape index (κ1) is 19.0. The van der Waals surface area contributed by atoms with Crippen LogP contribution in [-0.2, 0) is 0 Å². The number of fused-ring (bicyclic) bond motifs is 1. The van der Waals surface area contributed by atoms with E-state index < -0.39 is 0 Å².